The predicted octanol–water partition coefficient (Wildman–Crippen LogP) is 5.34. The molecule has 1 aromatic heterocycles. The van der Waals surface area contributed by atoms with E-state index in [0.29, 0.717) is 38.4 Å². The lowest BCUT2D eigenvalue weighted by molar-refractivity contribution is 0.0734. The van der Waals surface area contributed by atoms with E-state index in [9.17, 15) is 9.59 Å². The molecule has 0 N–H and O–H groups in total. The molecular formula is C23H15ClO5. The Bertz CT molecular complexity index is 1280. The molecule has 4 aromatic rings. The Labute approximate surface area is 171 Å². The summed E-state index contributed by atoms with van der Waals surface area (Å²) in [5, 5.41) is 0.826. The third-order valence-corrected chi connectivity index (χ3v) is 4.76. The monoisotopic (exact) mass is 406 g/mol. The molecule has 4 rings (SSSR count). The number of ether oxygens (including phenoxy) is 2. The summed E-state index contributed by atoms with van der Waals surface area (Å²) in [5.74, 6) is 0.272. The maximum atomic E-state index is 12.9. The zero-order chi connectivity index (χ0) is 20.4. The molecule has 0 radical (unpaired) electrons. The zero-order valence-corrected chi connectivity index (χ0v) is 16.1. The fourth-order valence-electron chi connectivity index (χ4n) is 2.95. The number of benzene rings is 3. The van der Waals surface area contributed by atoms with Crippen molar-refractivity contribution in [3.05, 3.63) is 93.8 Å². The maximum absolute atomic E-state index is 12.9. The third-order valence-electron chi connectivity index (χ3n) is 4.43. The molecule has 0 saturated carbocycles. The number of methoxy groups -OCH3 is 1. The molecule has 0 aliphatic rings. The molecule has 6 heteroatoms. The van der Waals surface area contributed by atoms with Crippen molar-refractivity contribution in [2.45, 2.75) is 0 Å². The summed E-state index contributed by atoms with van der Waals surface area (Å²) in [7, 11) is 1.52. The molecule has 1 heterocycles. The van der Waals surface area contributed by atoms with Gasteiger partial charge >= 0.3 is 5.97 Å². The SMILES string of the molecule is COc1cccc(C(=O)Oc2ccc3c(=O)c(-c4ccccc4Cl)coc3c2)c1. The van der Waals surface area contributed by atoms with Crippen LogP contribution in [0.2, 0.25) is 5.02 Å². The fraction of sp³-hybridized carbons (Fsp3) is 0.0435. The van der Waals surface area contributed by atoms with E-state index in [1.165, 1.54) is 19.4 Å². The molecule has 144 valence electrons. The number of carbonyl (C=O) groups is 1. The van der Waals surface area contributed by atoms with Gasteiger partial charge in [0.25, 0.3) is 0 Å². The Hall–Kier alpha value is -3.57. The molecule has 0 bridgehead atoms. The van der Waals surface area contributed by atoms with Gasteiger partial charge in [-0.15, -0.1) is 0 Å². The summed E-state index contributed by atoms with van der Waals surface area (Å²) in [5.41, 5.74) is 1.40. The topological polar surface area (TPSA) is 65.7 Å². The second-order valence-electron chi connectivity index (χ2n) is 6.24. The zero-order valence-electron chi connectivity index (χ0n) is 15.3. The van der Waals surface area contributed by atoms with E-state index in [1.54, 1.807) is 60.7 Å². The van der Waals surface area contributed by atoms with Gasteiger partial charge in [0.1, 0.15) is 23.3 Å². The third kappa shape index (κ3) is 3.73. The van der Waals surface area contributed by atoms with Crippen molar-refractivity contribution in [1.29, 1.82) is 0 Å². The summed E-state index contributed by atoms with van der Waals surface area (Å²) in [6.07, 6.45) is 1.36. The van der Waals surface area contributed by atoms with Crippen molar-refractivity contribution in [3.8, 4) is 22.6 Å². The van der Waals surface area contributed by atoms with Crippen molar-refractivity contribution >= 4 is 28.5 Å². The van der Waals surface area contributed by atoms with E-state index >= 15 is 0 Å². The van der Waals surface area contributed by atoms with Crippen LogP contribution in [0.25, 0.3) is 22.1 Å². The van der Waals surface area contributed by atoms with Gasteiger partial charge in [0, 0.05) is 16.7 Å². The number of hydrogen-bond acceptors (Lipinski definition) is 5. The molecule has 0 unspecified atom stereocenters. The second-order valence-corrected chi connectivity index (χ2v) is 6.64. The quantitative estimate of drug-likeness (QED) is 0.338. The number of carbonyl (C=O) groups excluding carboxylic acids is 1. The predicted molar refractivity (Wildman–Crippen MR) is 111 cm³/mol. The van der Waals surface area contributed by atoms with Crippen LogP contribution in [0.15, 0.2) is 82.2 Å². The second kappa shape index (κ2) is 7.81. The van der Waals surface area contributed by atoms with Gasteiger partial charge in [-0.1, -0.05) is 35.9 Å². The van der Waals surface area contributed by atoms with Crippen LogP contribution in [0.3, 0.4) is 0 Å². The van der Waals surface area contributed by atoms with E-state index in [2.05, 4.69) is 0 Å². The van der Waals surface area contributed by atoms with Crippen molar-refractivity contribution < 1.29 is 18.7 Å². The van der Waals surface area contributed by atoms with Crippen molar-refractivity contribution in [2.24, 2.45) is 0 Å². The van der Waals surface area contributed by atoms with Crippen LogP contribution >= 0.6 is 11.6 Å². The highest BCUT2D eigenvalue weighted by Gasteiger charge is 2.14. The highest BCUT2D eigenvalue weighted by atomic mass is 35.5. The smallest absolute Gasteiger partial charge is 0.343 e. The lowest BCUT2D eigenvalue weighted by Gasteiger charge is -2.08. The van der Waals surface area contributed by atoms with Crippen LogP contribution in [0.1, 0.15) is 10.4 Å². The number of fused-ring (bicyclic) bond motifs is 1. The Kier molecular flexibility index (Phi) is 5.06. The molecule has 0 saturated heterocycles. The van der Waals surface area contributed by atoms with Crippen molar-refractivity contribution in [2.75, 3.05) is 7.11 Å². The van der Waals surface area contributed by atoms with Crippen molar-refractivity contribution in [1.82, 2.24) is 0 Å². The molecule has 5 nitrogen and oxygen atoms in total. The normalized spacial score (nSPS) is 10.7. The van der Waals surface area contributed by atoms with E-state index in [4.69, 9.17) is 25.5 Å². The van der Waals surface area contributed by atoms with E-state index in [1.807, 2.05) is 0 Å². The molecule has 0 aliphatic carbocycles. The van der Waals surface area contributed by atoms with E-state index in [-0.39, 0.29) is 11.2 Å². The maximum Gasteiger partial charge on any atom is 0.343 e. The van der Waals surface area contributed by atoms with Gasteiger partial charge in [-0.2, -0.15) is 0 Å². The largest absolute Gasteiger partial charge is 0.497 e. The first-order chi connectivity index (χ1) is 14.1. The van der Waals surface area contributed by atoms with E-state index < -0.39 is 5.97 Å². The summed E-state index contributed by atoms with van der Waals surface area (Å²) in [6, 6.07) is 18.3. The average Bonchev–Trinajstić information content (AvgIpc) is 2.75. The molecule has 0 aliphatic heterocycles. The lowest BCUT2D eigenvalue weighted by Crippen LogP contribution is -2.09. The van der Waals surface area contributed by atoms with Gasteiger partial charge < -0.3 is 13.9 Å². The number of esters is 1. The van der Waals surface area contributed by atoms with Crippen LogP contribution in [0.4, 0.5) is 0 Å². The first-order valence-corrected chi connectivity index (χ1v) is 9.11. The minimum Gasteiger partial charge on any atom is -0.497 e. The van der Waals surface area contributed by atoms with Gasteiger partial charge in [0.15, 0.2) is 0 Å². The first-order valence-electron chi connectivity index (χ1n) is 8.73. The van der Waals surface area contributed by atoms with E-state index in [0.717, 1.165) is 0 Å². The fourth-order valence-corrected chi connectivity index (χ4v) is 3.19. The van der Waals surface area contributed by atoms with Gasteiger partial charge in [0.2, 0.25) is 5.43 Å². The molecule has 0 fully saturated rings. The number of rotatable bonds is 4. The van der Waals surface area contributed by atoms with Gasteiger partial charge in [-0.25, -0.2) is 4.79 Å². The van der Waals surface area contributed by atoms with Gasteiger partial charge in [-0.05, 0) is 36.4 Å². The lowest BCUT2D eigenvalue weighted by atomic mass is 10.1. The molecule has 0 amide bonds. The van der Waals surface area contributed by atoms with Crippen LogP contribution in [0.5, 0.6) is 11.5 Å². The summed E-state index contributed by atoms with van der Waals surface area (Å²) >= 11 is 6.20. The van der Waals surface area contributed by atoms with Gasteiger partial charge in [-0.3, -0.25) is 4.79 Å². The molecule has 3 aromatic carbocycles. The van der Waals surface area contributed by atoms with Crippen molar-refractivity contribution in [3.63, 3.8) is 0 Å². The summed E-state index contributed by atoms with van der Waals surface area (Å²) < 4.78 is 16.1. The molecular weight excluding hydrogens is 392 g/mol. The minimum absolute atomic E-state index is 0.218. The Morgan fingerprint density at radius 1 is 0.931 bits per heavy atom. The first kappa shape index (κ1) is 18.8. The number of hydrogen-bond donors (Lipinski definition) is 0. The highest BCUT2D eigenvalue weighted by molar-refractivity contribution is 6.33. The Morgan fingerprint density at radius 3 is 2.55 bits per heavy atom. The average molecular weight is 407 g/mol. The highest BCUT2D eigenvalue weighted by Crippen LogP contribution is 2.28. The van der Waals surface area contributed by atoms with Crippen LogP contribution in [0, 0.1) is 0 Å². The standard InChI is InChI=1S/C23H15ClO5/c1-27-15-6-4-5-14(11-15)23(26)29-16-9-10-18-21(12-16)28-13-19(22(18)25)17-7-2-3-8-20(17)24/h2-13H,1H3. The van der Waals surface area contributed by atoms with Crippen LogP contribution < -0.4 is 14.9 Å². The van der Waals surface area contributed by atoms with Gasteiger partial charge in [0.05, 0.1) is 23.6 Å². The summed E-state index contributed by atoms with van der Waals surface area (Å²) in [4.78, 5) is 25.2. The molecule has 0 atom stereocenters. The Morgan fingerprint density at radius 2 is 1.76 bits per heavy atom. The van der Waals surface area contributed by atoms with Crippen LogP contribution in [-0.4, -0.2) is 13.1 Å². The molecule has 0 spiro atoms. The molecule has 29 heavy (non-hydrogen) atoms. The Balaban J connectivity index is 1.67. The minimum atomic E-state index is -0.543. The van der Waals surface area contributed by atoms with Crippen LogP contribution in [-0.2, 0) is 0 Å². The summed E-state index contributed by atoms with van der Waals surface area (Å²) in [6.45, 7) is 0. The number of halogens is 1.